The molecule has 2 aliphatic rings. The Morgan fingerprint density at radius 3 is 1.57 bits per heavy atom. The van der Waals surface area contributed by atoms with Crippen molar-refractivity contribution in [3.63, 3.8) is 0 Å². The maximum absolute atomic E-state index is 14.4. The summed E-state index contributed by atoms with van der Waals surface area (Å²) in [6, 6.07) is 8.79. The van der Waals surface area contributed by atoms with Crippen molar-refractivity contribution in [2.45, 2.75) is 10.7 Å². The normalized spacial score (nSPS) is 21.7. The number of benzene rings is 2. The lowest BCUT2D eigenvalue weighted by molar-refractivity contribution is -0.132. The number of carbonyl (C=O) groups excluding carboxylic acids is 2. The molecule has 2 saturated heterocycles. The second kappa shape index (κ2) is 8.94. The lowest BCUT2D eigenvalue weighted by Crippen LogP contribution is -2.39. The Kier molecular flexibility index (Phi) is 6.48. The fourth-order valence-electron chi connectivity index (χ4n) is 3.58. The molecule has 0 aromatic heterocycles. The minimum absolute atomic E-state index is 0.163. The number of hydrogen-bond donors (Lipinski definition) is 0. The zero-order valence-electron chi connectivity index (χ0n) is 15.5. The van der Waals surface area contributed by atoms with Crippen LogP contribution in [0.3, 0.4) is 0 Å². The first kappa shape index (κ1) is 21.7. The molecule has 0 radical (unpaired) electrons. The highest BCUT2D eigenvalue weighted by atomic mass is 35.5. The smallest absolute Gasteiger partial charge is 0.233 e. The third kappa shape index (κ3) is 4.02. The van der Waals surface area contributed by atoms with Gasteiger partial charge in [-0.3, -0.25) is 9.59 Å². The Morgan fingerprint density at radius 1 is 0.800 bits per heavy atom. The average Bonchev–Trinajstić information content (AvgIpc) is 3.23. The van der Waals surface area contributed by atoms with E-state index in [1.165, 1.54) is 57.6 Å². The Morgan fingerprint density at radius 2 is 1.20 bits per heavy atom. The summed E-state index contributed by atoms with van der Waals surface area (Å²) in [5.74, 6) is -0.901. The summed E-state index contributed by atoms with van der Waals surface area (Å²) in [6.07, 6.45) is 0. The van der Waals surface area contributed by atoms with Crippen molar-refractivity contribution < 1.29 is 18.4 Å². The molecule has 0 N–H and O–H groups in total. The highest BCUT2D eigenvalue weighted by molar-refractivity contribution is 8.00. The molecule has 0 saturated carbocycles. The van der Waals surface area contributed by atoms with E-state index in [1.54, 1.807) is 12.1 Å². The third-order valence-electron chi connectivity index (χ3n) is 5.01. The summed E-state index contributed by atoms with van der Waals surface area (Å²) in [4.78, 5) is 28.0. The fraction of sp³-hybridized carbons (Fsp3) is 0.300. The monoisotopic (exact) mass is 488 g/mol. The molecule has 2 amide bonds. The van der Waals surface area contributed by atoms with Crippen molar-refractivity contribution in [1.82, 2.24) is 9.80 Å². The number of nitrogens with zero attached hydrogens (tertiary/aromatic N) is 2. The minimum atomic E-state index is -0.577. The summed E-state index contributed by atoms with van der Waals surface area (Å²) >= 11 is 15.0. The molecule has 2 atom stereocenters. The quantitative estimate of drug-likeness (QED) is 0.585. The molecule has 158 valence electrons. The van der Waals surface area contributed by atoms with Crippen LogP contribution in [0.5, 0.6) is 0 Å². The summed E-state index contributed by atoms with van der Waals surface area (Å²) < 4.78 is 28.8. The van der Waals surface area contributed by atoms with Crippen LogP contribution in [0.25, 0.3) is 0 Å². The zero-order valence-corrected chi connectivity index (χ0v) is 18.6. The van der Waals surface area contributed by atoms with Crippen LogP contribution in [-0.4, -0.2) is 46.2 Å². The van der Waals surface area contributed by atoms with E-state index in [0.717, 1.165) is 0 Å². The molecule has 4 nitrogen and oxygen atoms in total. The van der Waals surface area contributed by atoms with Crippen molar-refractivity contribution in [1.29, 1.82) is 0 Å². The van der Waals surface area contributed by atoms with E-state index in [-0.39, 0.29) is 57.6 Å². The number of carbonyl (C=O) groups is 2. The zero-order chi connectivity index (χ0) is 21.4. The summed E-state index contributed by atoms with van der Waals surface area (Å²) in [6.45, 7) is 0.353. The van der Waals surface area contributed by atoms with Gasteiger partial charge in [0, 0.05) is 34.3 Å². The molecule has 10 heteroatoms. The van der Waals surface area contributed by atoms with Gasteiger partial charge in [0.2, 0.25) is 11.8 Å². The van der Waals surface area contributed by atoms with Crippen LogP contribution >= 0.6 is 46.7 Å². The molecule has 0 unspecified atom stereocenters. The predicted molar refractivity (Wildman–Crippen MR) is 117 cm³/mol. The predicted octanol–water partition coefficient (Wildman–Crippen LogP) is 5.12. The van der Waals surface area contributed by atoms with Crippen LogP contribution in [0.4, 0.5) is 8.78 Å². The van der Waals surface area contributed by atoms with Gasteiger partial charge in [-0.1, -0.05) is 35.3 Å². The Bertz CT molecular complexity index is 891. The van der Waals surface area contributed by atoms with E-state index >= 15 is 0 Å². The molecule has 30 heavy (non-hydrogen) atoms. The maximum Gasteiger partial charge on any atom is 0.233 e. The summed E-state index contributed by atoms with van der Waals surface area (Å²) in [7, 11) is 0. The number of hydrogen-bond acceptors (Lipinski definition) is 4. The molecule has 2 heterocycles. The van der Waals surface area contributed by atoms with Crippen molar-refractivity contribution in [2.75, 3.05) is 24.6 Å². The van der Waals surface area contributed by atoms with Gasteiger partial charge in [0.15, 0.2) is 0 Å². The topological polar surface area (TPSA) is 40.6 Å². The number of thioether (sulfide) groups is 2. The van der Waals surface area contributed by atoms with Gasteiger partial charge in [-0.2, -0.15) is 0 Å². The summed E-state index contributed by atoms with van der Waals surface area (Å²) in [5.41, 5.74) is 0.511. The first-order chi connectivity index (χ1) is 14.4. The highest BCUT2D eigenvalue weighted by Gasteiger charge is 2.39. The van der Waals surface area contributed by atoms with Crippen LogP contribution < -0.4 is 0 Å². The molecule has 0 aliphatic carbocycles. The number of rotatable bonds is 5. The molecule has 2 aromatic rings. The van der Waals surface area contributed by atoms with Gasteiger partial charge < -0.3 is 9.80 Å². The second-order valence-electron chi connectivity index (χ2n) is 6.77. The van der Waals surface area contributed by atoms with Gasteiger partial charge in [-0.25, -0.2) is 8.78 Å². The van der Waals surface area contributed by atoms with Gasteiger partial charge in [-0.05, 0) is 24.3 Å². The van der Waals surface area contributed by atoms with Crippen LogP contribution in [0.2, 0.25) is 10.0 Å². The molecule has 2 fully saturated rings. The van der Waals surface area contributed by atoms with Crippen molar-refractivity contribution >= 4 is 58.5 Å². The van der Waals surface area contributed by atoms with E-state index in [1.807, 2.05) is 0 Å². The van der Waals surface area contributed by atoms with Crippen molar-refractivity contribution in [3.05, 3.63) is 69.2 Å². The van der Waals surface area contributed by atoms with Gasteiger partial charge in [0.05, 0.1) is 11.5 Å². The van der Waals surface area contributed by atoms with E-state index in [9.17, 15) is 18.4 Å². The van der Waals surface area contributed by atoms with E-state index in [4.69, 9.17) is 23.2 Å². The largest absolute Gasteiger partial charge is 0.324 e. The third-order valence-corrected chi connectivity index (χ3v) is 8.11. The Balaban J connectivity index is 1.56. The fourth-order valence-corrected chi connectivity index (χ4v) is 6.79. The van der Waals surface area contributed by atoms with Gasteiger partial charge >= 0.3 is 0 Å². The van der Waals surface area contributed by atoms with E-state index in [2.05, 4.69) is 0 Å². The average molecular weight is 489 g/mol. The molecule has 2 aliphatic heterocycles. The van der Waals surface area contributed by atoms with Crippen molar-refractivity contribution in [3.8, 4) is 0 Å². The molecule has 0 spiro atoms. The maximum atomic E-state index is 14.4. The molecular formula is C20H16Cl2F2N2O2S2. The number of halogens is 4. The number of amides is 2. The second-order valence-corrected chi connectivity index (χ2v) is 9.72. The molecule has 2 aromatic carbocycles. The van der Waals surface area contributed by atoms with Crippen LogP contribution in [0, 0.1) is 11.6 Å². The molecule has 4 rings (SSSR count). The van der Waals surface area contributed by atoms with Crippen molar-refractivity contribution in [2.24, 2.45) is 0 Å². The molecular weight excluding hydrogens is 473 g/mol. The van der Waals surface area contributed by atoms with Crippen LogP contribution in [0.15, 0.2) is 36.4 Å². The Labute approximate surface area is 190 Å². The van der Waals surface area contributed by atoms with E-state index < -0.39 is 22.4 Å². The van der Waals surface area contributed by atoms with Crippen LogP contribution in [-0.2, 0) is 9.59 Å². The van der Waals surface area contributed by atoms with E-state index in [0.29, 0.717) is 0 Å². The van der Waals surface area contributed by atoms with Crippen LogP contribution in [0.1, 0.15) is 21.9 Å². The lowest BCUT2D eigenvalue weighted by Gasteiger charge is -2.30. The lowest BCUT2D eigenvalue weighted by atomic mass is 10.1. The minimum Gasteiger partial charge on any atom is -0.324 e. The van der Waals surface area contributed by atoms with Gasteiger partial charge in [0.25, 0.3) is 0 Å². The first-order valence-electron chi connectivity index (χ1n) is 9.08. The van der Waals surface area contributed by atoms with Gasteiger partial charge in [0.1, 0.15) is 22.4 Å². The standard InChI is InChI=1S/C20H16Cl2F2N2O2S2/c21-11-3-1-5-13(23)17(11)19-25(15(27)9-29-19)7-8-26-16(28)10-30-20(26)18-12(22)4-2-6-14(18)24/h1-6,19-20H,7-10H2/t19-,20-/m0/s1. The SMILES string of the molecule is O=C1CS[C@@H](c2c(F)cccc2Cl)N1CCN1C(=O)CS[C@H]1c1c(F)cccc1Cl. The first-order valence-corrected chi connectivity index (χ1v) is 11.9. The Hall–Kier alpha value is -1.48. The van der Waals surface area contributed by atoms with Gasteiger partial charge in [-0.15, -0.1) is 23.5 Å². The molecule has 0 bridgehead atoms. The highest BCUT2D eigenvalue weighted by Crippen LogP contribution is 2.45. The summed E-state index contributed by atoms with van der Waals surface area (Å²) in [5, 5.41) is -0.661.